The highest BCUT2D eigenvalue weighted by molar-refractivity contribution is 6.21. The molecule has 1 rings (SSSR count). The van der Waals surface area contributed by atoms with E-state index in [2.05, 4.69) is 5.32 Å². The van der Waals surface area contributed by atoms with Crippen LogP contribution in [0.4, 0.5) is 0 Å². The summed E-state index contributed by atoms with van der Waals surface area (Å²) in [6, 6.07) is 4.13. The van der Waals surface area contributed by atoms with Crippen LogP contribution in [0.2, 0.25) is 0 Å². The van der Waals surface area contributed by atoms with Crippen LogP contribution in [0.25, 0.3) is 0 Å². The van der Waals surface area contributed by atoms with Crippen molar-refractivity contribution in [3.8, 4) is 11.5 Å². The van der Waals surface area contributed by atoms with E-state index in [4.69, 9.17) is 11.6 Å². The average Bonchev–Trinajstić information content (AvgIpc) is 2.15. The van der Waals surface area contributed by atoms with Gasteiger partial charge in [0.2, 0.25) is 0 Å². The quantitative estimate of drug-likeness (QED) is 0.728. The smallest absolute Gasteiger partial charge is 0.259 e. The molecule has 1 amide bonds. The van der Waals surface area contributed by atoms with Gasteiger partial charge in [-0.2, -0.15) is 0 Å². The lowest BCUT2D eigenvalue weighted by Crippen LogP contribution is -2.49. The van der Waals surface area contributed by atoms with Crippen LogP contribution in [0.3, 0.4) is 0 Å². The SMILES string of the molecule is CC(Cl)C(C)(C)NC(=O)c1c(O)cccc1O. The van der Waals surface area contributed by atoms with Crippen molar-refractivity contribution in [1.29, 1.82) is 0 Å². The number of carbonyl (C=O) groups excluding carboxylic acids is 1. The highest BCUT2D eigenvalue weighted by Gasteiger charge is 2.28. The van der Waals surface area contributed by atoms with Crippen LogP contribution < -0.4 is 5.32 Å². The minimum Gasteiger partial charge on any atom is -0.507 e. The summed E-state index contributed by atoms with van der Waals surface area (Å²) in [5.74, 6) is -1.08. The van der Waals surface area contributed by atoms with E-state index < -0.39 is 11.4 Å². The molecule has 0 aliphatic heterocycles. The molecule has 0 aromatic heterocycles. The predicted octanol–water partition coefficient (Wildman–Crippen LogP) is 2.23. The van der Waals surface area contributed by atoms with E-state index in [9.17, 15) is 15.0 Å². The van der Waals surface area contributed by atoms with E-state index in [1.54, 1.807) is 20.8 Å². The van der Waals surface area contributed by atoms with Crippen LogP contribution >= 0.6 is 11.6 Å². The first-order valence-electron chi connectivity index (χ1n) is 5.23. The van der Waals surface area contributed by atoms with Gasteiger partial charge < -0.3 is 15.5 Å². The third-order valence-electron chi connectivity index (χ3n) is 2.68. The summed E-state index contributed by atoms with van der Waals surface area (Å²) in [5, 5.41) is 21.5. The number of amides is 1. The number of benzene rings is 1. The molecule has 0 fully saturated rings. The van der Waals surface area contributed by atoms with Gasteiger partial charge in [-0.1, -0.05) is 6.07 Å². The first-order chi connectivity index (χ1) is 7.75. The Morgan fingerprint density at radius 3 is 2.24 bits per heavy atom. The number of nitrogens with one attached hydrogen (secondary N) is 1. The van der Waals surface area contributed by atoms with E-state index in [1.807, 2.05) is 0 Å². The normalized spacial score (nSPS) is 13.2. The average molecular weight is 258 g/mol. The summed E-state index contributed by atoms with van der Waals surface area (Å²) in [4.78, 5) is 11.9. The number of rotatable bonds is 3. The topological polar surface area (TPSA) is 69.6 Å². The maximum Gasteiger partial charge on any atom is 0.259 e. The highest BCUT2D eigenvalue weighted by Crippen LogP contribution is 2.27. The fourth-order valence-electron chi connectivity index (χ4n) is 1.22. The van der Waals surface area contributed by atoms with E-state index in [1.165, 1.54) is 18.2 Å². The summed E-state index contributed by atoms with van der Waals surface area (Å²) in [5.41, 5.74) is -0.786. The molecular formula is C12H16ClNO3. The molecule has 1 aromatic carbocycles. The molecule has 0 aliphatic rings. The van der Waals surface area contributed by atoms with Crippen molar-refractivity contribution in [3.63, 3.8) is 0 Å². The second-order valence-corrected chi connectivity index (χ2v) is 5.12. The molecule has 94 valence electrons. The molecular weight excluding hydrogens is 242 g/mol. The van der Waals surface area contributed by atoms with E-state index >= 15 is 0 Å². The zero-order valence-corrected chi connectivity index (χ0v) is 10.7. The van der Waals surface area contributed by atoms with E-state index in [0.717, 1.165) is 0 Å². The minimum atomic E-state index is -0.645. The van der Waals surface area contributed by atoms with Gasteiger partial charge in [0, 0.05) is 0 Å². The second-order valence-electron chi connectivity index (χ2n) is 4.46. The number of carbonyl (C=O) groups is 1. The maximum atomic E-state index is 11.9. The van der Waals surface area contributed by atoms with Gasteiger partial charge >= 0.3 is 0 Å². The highest BCUT2D eigenvalue weighted by atomic mass is 35.5. The van der Waals surface area contributed by atoms with Gasteiger partial charge in [-0.3, -0.25) is 4.79 Å². The number of alkyl halides is 1. The molecule has 0 aliphatic carbocycles. The monoisotopic (exact) mass is 257 g/mol. The zero-order chi connectivity index (χ0) is 13.2. The van der Waals surface area contributed by atoms with E-state index in [0.29, 0.717) is 0 Å². The van der Waals surface area contributed by atoms with Crippen molar-refractivity contribution in [1.82, 2.24) is 5.32 Å². The van der Waals surface area contributed by atoms with Crippen LogP contribution in [0.15, 0.2) is 18.2 Å². The van der Waals surface area contributed by atoms with Crippen LogP contribution in [-0.4, -0.2) is 27.0 Å². The third-order valence-corrected chi connectivity index (χ3v) is 3.22. The third kappa shape index (κ3) is 3.03. The molecule has 0 heterocycles. The number of halogens is 1. The summed E-state index contributed by atoms with van der Waals surface area (Å²) in [7, 11) is 0. The van der Waals surface area contributed by atoms with Gasteiger partial charge in [-0.05, 0) is 32.9 Å². The van der Waals surface area contributed by atoms with Crippen molar-refractivity contribution < 1.29 is 15.0 Å². The Hall–Kier alpha value is -1.42. The van der Waals surface area contributed by atoms with Crippen molar-refractivity contribution in [2.75, 3.05) is 0 Å². The number of aromatic hydroxyl groups is 2. The van der Waals surface area contributed by atoms with Crippen molar-refractivity contribution >= 4 is 17.5 Å². The van der Waals surface area contributed by atoms with Crippen molar-refractivity contribution in [3.05, 3.63) is 23.8 Å². The fraction of sp³-hybridized carbons (Fsp3) is 0.417. The Labute approximate surface area is 105 Å². The lowest BCUT2D eigenvalue weighted by molar-refractivity contribution is 0.0907. The largest absolute Gasteiger partial charge is 0.507 e. The molecule has 3 N–H and O–H groups in total. The van der Waals surface area contributed by atoms with Gasteiger partial charge in [0.05, 0.1) is 10.9 Å². The molecule has 1 aromatic rings. The summed E-state index contributed by atoms with van der Waals surface area (Å²) < 4.78 is 0. The maximum absolute atomic E-state index is 11.9. The second kappa shape index (κ2) is 4.84. The molecule has 5 heteroatoms. The molecule has 0 saturated carbocycles. The molecule has 4 nitrogen and oxygen atoms in total. The van der Waals surface area contributed by atoms with Crippen LogP contribution in [0.5, 0.6) is 11.5 Å². The molecule has 0 spiro atoms. The molecule has 1 unspecified atom stereocenters. The summed E-state index contributed by atoms with van der Waals surface area (Å²) in [6.45, 7) is 5.28. The summed E-state index contributed by atoms with van der Waals surface area (Å²) in [6.07, 6.45) is 0. The van der Waals surface area contributed by atoms with Crippen LogP contribution in [-0.2, 0) is 0 Å². The molecule has 1 atom stereocenters. The number of phenolic OH excluding ortho intramolecular Hbond substituents is 2. The van der Waals surface area contributed by atoms with Gasteiger partial charge in [0.1, 0.15) is 17.1 Å². The fourth-order valence-corrected chi connectivity index (χ4v) is 1.27. The van der Waals surface area contributed by atoms with Crippen molar-refractivity contribution in [2.45, 2.75) is 31.7 Å². The van der Waals surface area contributed by atoms with Crippen LogP contribution in [0.1, 0.15) is 31.1 Å². The predicted molar refractivity (Wildman–Crippen MR) is 66.6 cm³/mol. The first-order valence-corrected chi connectivity index (χ1v) is 5.67. The van der Waals surface area contributed by atoms with Gasteiger partial charge in [0.15, 0.2) is 0 Å². The lowest BCUT2D eigenvalue weighted by atomic mass is 10.0. The Morgan fingerprint density at radius 2 is 1.82 bits per heavy atom. The Bertz CT molecular complexity index is 410. The molecule has 0 saturated heterocycles. The Kier molecular flexibility index (Phi) is 3.88. The molecule has 0 bridgehead atoms. The molecule has 17 heavy (non-hydrogen) atoms. The van der Waals surface area contributed by atoms with Crippen molar-refractivity contribution in [2.24, 2.45) is 0 Å². The van der Waals surface area contributed by atoms with Gasteiger partial charge in [-0.15, -0.1) is 11.6 Å². The van der Waals surface area contributed by atoms with Gasteiger partial charge in [-0.25, -0.2) is 0 Å². The number of hydrogen-bond donors (Lipinski definition) is 3. The molecule has 0 radical (unpaired) electrons. The Morgan fingerprint density at radius 1 is 1.35 bits per heavy atom. The van der Waals surface area contributed by atoms with E-state index in [-0.39, 0.29) is 22.4 Å². The first kappa shape index (κ1) is 13.6. The minimum absolute atomic E-state index is 0.141. The van der Waals surface area contributed by atoms with Crippen LogP contribution in [0, 0.1) is 0 Å². The lowest BCUT2D eigenvalue weighted by Gasteiger charge is -2.29. The van der Waals surface area contributed by atoms with Gasteiger partial charge in [0.25, 0.3) is 5.91 Å². The zero-order valence-electron chi connectivity index (χ0n) is 9.99. The number of phenols is 2. The summed E-state index contributed by atoms with van der Waals surface area (Å²) >= 11 is 5.94. The Balaban J connectivity index is 2.99. The standard InChI is InChI=1S/C12H16ClNO3/c1-7(13)12(2,3)14-11(17)10-8(15)5-4-6-9(10)16/h4-7,15-16H,1-3H3,(H,14,17). The number of hydrogen-bond acceptors (Lipinski definition) is 3.